The van der Waals surface area contributed by atoms with E-state index >= 15 is 0 Å². The van der Waals surface area contributed by atoms with E-state index in [2.05, 4.69) is 15.1 Å². The van der Waals surface area contributed by atoms with E-state index in [1.807, 2.05) is 30.3 Å². The lowest BCUT2D eigenvalue weighted by Crippen LogP contribution is -2.50. The fourth-order valence-corrected chi connectivity index (χ4v) is 4.25. The SMILES string of the molecule is O=C(NC[C@@H](c1ccc2c(c1)OCO2)N1CCN(c2ccccc2F)CC1)C1CC1. The molecule has 2 aromatic carbocycles. The van der Waals surface area contributed by atoms with Crippen molar-refractivity contribution in [3.05, 3.63) is 53.8 Å². The molecule has 2 aromatic rings. The van der Waals surface area contributed by atoms with E-state index in [0.29, 0.717) is 12.2 Å². The molecule has 2 aliphatic heterocycles. The Balaban J connectivity index is 1.31. The summed E-state index contributed by atoms with van der Waals surface area (Å²) in [6.07, 6.45) is 1.98. The van der Waals surface area contributed by atoms with Crippen molar-refractivity contribution in [3.8, 4) is 11.5 Å². The Morgan fingerprint density at radius 2 is 1.83 bits per heavy atom. The Morgan fingerprint density at radius 1 is 1.07 bits per heavy atom. The maximum atomic E-state index is 14.2. The zero-order valence-corrected chi connectivity index (χ0v) is 16.9. The fraction of sp³-hybridized carbons (Fsp3) is 0.435. The number of amides is 1. The highest BCUT2D eigenvalue weighted by Crippen LogP contribution is 2.36. The number of halogens is 1. The number of ether oxygens (including phenoxy) is 2. The molecule has 0 unspecified atom stereocenters. The molecule has 1 atom stereocenters. The van der Waals surface area contributed by atoms with E-state index in [4.69, 9.17) is 9.47 Å². The molecule has 0 bridgehead atoms. The predicted molar refractivity (Wildman–Crippen MR) is 111 cm³/mol. The molecule has 30 heavy (non-hydrogen) atoms. The fourth-order valence-electron chi connectivity index (χ4n) is 4.25. The number of hydrogen-bond acceptors (Lipinski definition) is 5. The highest BCUT2D eigenvalue weighted by molar-refractivity contribution is 5.80. The zero-order valence-electron chi connectivity index (χ0n) is 16.9. The quantitative estimate of drug-likeness (QED) is 0.792. The van der Waals surface area contributed by atoms with Crippen LogP contribution in [0.2, 0.25) is 0 Å². The molecule has 2 fully saturated rings. The average Bonchev–Trinajstić information content (AvgIpc) is 3.52. The van der Waals surface area contributed by atoms with Gasteiger partial charge in [-0.3, -0.25) is 9.69 Å². The second-order valence-corrected chi connectivity index (χ2v) is 8.12. The molecule has 1 N–H and O–H groups in total. The van der Waals surface area contributed by atoms with Gasteiger partial charge in [0.05, 0.1) is 11.7 Å². The average molecular weight is 411 g/mol. The lowest BCUT2D eigenvalue weighted by Gasteiger charge is -2.40. The number of benzene rings is 2. The number of rotatable bonds is 6. The molecule has 0 radical (unpaired) electrons. The molecule has 2 heterocycles. The smallest absolute Gasteiger partial charge is 0.231 e. The van der Waals surface area contributed by atoms with Crippen molar-refractivity contribution < 1.29 is 18.7 Å². The first-order valence-corrected chi connectivity index (χ1v) is 10.6. The number of carbonyl (C=O) groups is 1. The van der Waals surface area contributed by atoms with Crippen LogP contribution in [0.15, 0.2) is 42.5 Å². The summed E-state index contributed by atoms with van der Waals surface area (Å²) in [6.45, 7) is 3.83. The predicted octanol–water partition coefficient (Wildman–Crippen LogP) is 2.94. The molecule has 5 rings (SSSR count). The van der Waals surface area contributed by atoms with Crippen molar-refractivity contribution in [2.24, 2.45) is 5.92 Å². The summed E-state index contributed by atoms with van der Waals surface area (Å²) in [7, 11) is 0. The lowest BCUT2D eigenvalue weighted by atomic mass is 10.0. The highest BCUT2D eigenvalue weighted by Gasteiger charge is 2.32. The monoisotopic (exact) mass is 411 g/mol. The number of nitrogens with zero attached hydrogens (tertiary/aromatic N) is 2. The van der Waals surface area contributed by atoms with E-state index in [9.17, 15) is 9.18 Å². The summed E-state index contributed by atoms with van der Waals surface area (Å²) in [5.41, 5.74) is 1.74. The Bertz CT molecular complexity index is 926. The van der Waals surface area contributed by atoms with Gasteiger partial charge in [-0.05, 0) is 42.7 Å². The maximum absolute atomic E-state index is 14.2. The number of hydrogen-bond donors (Lipinski definition) is 1. The topological polar surface area (TPSA) is 54.0 Å². The number of nitrogens with one attached hydrogen (secondary N) is 1. The minimum Gasteiger partial charge on any atom is -0.454 e. The van der Waals surface area contributed by atoms with Crippen LogP contribution in [0.4, 0.5) is 10.1 Å². The van der Waals surface area contributed by atoms with Crippen molar-refractivity contribution in [2.45, 2.75) is 18.9 Å². The van der Waals surface area contributed by atoms with Crippen LogP contribution in [0.3, 0.4) is 0 Å². The van der Waals surface area contributed by atoms with Crippen LogP contribution < -0.4 is 19.7 Å². The van der Waals surface area contributed by atoms with Gasteiger partial charge < -0.3 is 19.7 Å². The standard InChI is InChI=1S/C23H26FN3O3/c24-18-3-1-2-4-19(18)26-9-11-27(12-10-26)20(14-25-23(28)16-5-6-16)17-7-8-21-22(13-17)30-15-29-21/h1-4,7-8,13,16,20H,5-6,9-12,14-15H2,(H,25,28)/t20-/m0/s1. The van der Waals surface area contributed by atoms with Crippen molar-refractivity contribution >= 4 is 11.6 Å². The summed E-state index contributed by atoms with van der Waals surface area (Å²) < 4.78 is 25.2. The van der Waals surface area contributed by atoms with Gasteiger partial charge in [-0.25, -0.2) is 4.39 Å². The molecule has 1 amide bonds. The van der Waals surface area contributed by atoms with Crippen molar-refractivity contribution in [2.75, 3.05) is 44.4 Å². The molecule has 1 saturated heterocycles. The normalized spacial score (nSPS) is 19.6. The number of fused-ring (bicyclic) bond motifs is 1. The molecule has 3 aliphatic rings. The van der Waals surface area contributed by atoms with Gasteiger partial charge in [-0.2, -0.15) is 0 Å². The van der Waals surface area contributed by atoms with Crippen molar-refractivity contribution in [1.82, 2.24) is 10.2 Å². The summed E-state index contributed by atoms with van der Waals surface area (Å²) >= 11 is 0. The molecular formula is C23H26FN3O3. The Labute approximate surface area is 175 Å². The zero-order chi connectivity index (χ0) is 20.5. The van der Waals surface area contributed by atoms with Gasteiger partial charge in [0.1, 0.15) is 5.82 Å². The number of anilines is 1. The van der Waals surface area contributed by atoms with Crippen molar-refractivity contribution in [3.63, 3.8) is 0 Å². The molecule has 1 aliphatic carbocycles. The van der Waals surface area contributed by atoms with Crippen LogP contribution in [0.25, 0.3) is 0 Å². The number of para-hydroxylation sites is 1. The van der Waals surface area contributed by atoms with Crippen LogP contribution in [0, 0.1) is 11.7 Å². The largest absolute Gasteiger partial charge is 0.454 e. The molecule has 0 spiro atoms. The molecule has 1 saturated carbocycles. The third-order valence-corrected chi connectivity index (χ3v) is 6.15. The van der Waals surface area contributed by atoms with Gasteiger partial charge in [0.25, 0.3) is 0 Å². The number of piperazine rings is 1. The molecule has 7 heteroatoms. The minimum absolute atomic E-state index is 0.0324. The van der Waals surface area contributed by atoms with Crippen LogP contribution in [-0.2, 0) is 4.79 Å². The van der Waals surface area contributed by atoms with Gasteiger partial charge in [0.15, 0.2) is 11.5 Å². The first-order valence-electron chi connectivity index (χ1n) is 10.6. The second-order valence-electron chi connectivity index (χ2n) is 8.12. The summed E-state index contributed by atoms with van der Waals surface area (Å²) in [5.74, 6) is 1.64. The third kappa shape index (κ3) is 3.94. The van der Waals surface area contributed by atoms with Gasteiger partial charge in [-0.15, -0.1) is 0 Å². The van der Waals surface area contributed by atoms with Crippen LogP contribution in [-0.4, -0.2) is 50.3 Å². The van der Waals surface area contributed by atoms with E-state index in [1.54, 1.807) is 6.07 Å². The first-order chi connectivity index (χ1) is 14.7. The van der Waals surface area contributed by atoms with Gasteiger partial charge >= 0.3 is 0 Å². The third-order valence-electron chi connectivity index (χ3n) is 6.15. The van der Waals surface area contributed by atoms with Crippen LogP contribution in [0.5, 0.6) is 11.5 Å². The van der Waals surface area contributed by atoms with Crippen LogP contribution in [0.1, 0.15) is 24.4 Å². The van der Waals surface area contributed by atoms with E-state index in [0.717, 1.165) is 56.1 Å². The van der Waals surface area contributed by atoms with E-state index in [-0.39, 0.29) is 30.5 Å². The number of carbonyl (C=O) groups excluding carboxylic acids is 1. The molecule has 6 nitrogen and oxygen atoms in total. The Hall–Kier alpha value is -2.80. The summed E-state index contributed by atoms with van der Waals surface area (Å²) in [6, 6.07) is 12.9. The molecule has 158 valence electrons. The Kier molecular flexibility index (Phi) is 5.21. The highest BCUT2D eigenvalue weighted by atomic mass is 19.1. The van der Waals surface area contributed by atoms with Crippen molar-refractivity contribution in [1.29, 1.82) is 0 Å². The molecular weight excluding hydrogens is 385 g/mol. The van der Waals surface area contributed by atoms with Gasteiger partial charge in [0.2, 0.25) is 12.7 Å². The van der Waals surface area contributed by atoms with Gasteiger partial charge in [0, 0.05) is 38.6 Å². The summed E-state index contributed by atoms with van der Waals surface area (Å²) in [4.78, 5) is 16.7. The van der Waals surface area contributed by atoms with Crippen LogP contribution >= 0.6 is 0 Å². The first kappa shape index (κ1) is 19.2. The second kappa shape index (κ2) is 8.14. The molecule has 0 aromatic heterocycles. The summed E-state index contributed by atoms with van der Waals surface area (Å²) in [5, 5.41) is 3.13. The van der Waals surface area contributed by atoms with E-state index in [1.165, 1.54) is 6.07 Å². The van der Waals surface area contributed by atoms with Gasteiger partial charge in [-0.1, -0.05) is 18.2 Å². The lowest BCUT2D eigenvalue weighted by molar-refractivity contribution is -0.122. The minimum atomic E-state index is -0.185. The van der Waals surface area contributed by atoms with E-state index < -0.39 is 0 Å². The maximum Gasteiger partial charge on any atom is 0.231 e. The Morgan fingerprint density at radius 3 is 2.60 bits per heavy atom.